The van der Waals surface area contributed by atoms with Crippen molar-refractivity contribution >= 4 is 51.5 Å². The van der Waals surface area contributed by atoms with Crippen LogP contribution in [0.1, 0.15) is 11.1 Å². The molecule has 0 N–H and O–H groups in total. The Morgan fingerprint density at radius 2 is 2.00 bits per heavy atom. The molecule has 0 radical (unpaired) electrons. The van der Waals surface area contributed by atoms with Crippen LogP contribution in [0.15, 0.2) is 41.4 Å². The van der Waals surface area contributed by atoms with Gasteiger partial charge in [-0.2, -0.15) is 0 Å². The molecule has 0 saturated heterocycles. The van der Waals surface area contributed by atoms with Gasteiger partial charge >= 0.3 is 0 Å². The first-order valence-electron chi connectivity index (χ1n) is 6.53. The molecule has 22 heavy (non-hydrogen) atoms. The largest absolute Gasteiger partial charge is 0.313 e. The number of hydrogen-bond acceptors (Lipinski definition) is 2. The summed E-state index contributed by atoms with van der Waals surface area (Å²) < 4.78 is 15.1. The number of fused-ring (bicyclic) bond motifs is 1. The second kappa shape index (κ2) is 5.96. The van der Waals surface area contributed by atoms with Crippen LogP contribution in [-0.4, -0.2) is 25.2 Å². The molecule has 1 aliphatic rings. The zero-order valence-corrected chi connectivity index (χ0v) is 14.5. The Hall–Kier alpha value is -1.47. The van der Waals surface area contributed by atoms with Crippen LogP contribution in [0.5, 0.6) is 0 Å². The summed E-state index contributed by atoms with van der Waals surface area (Å²) >= 11 is 8.13. The number of benzene rings is 2. The van der Waals surface area contributed by atoms with Crippen molar-refractivity contribution in [1.29, 1.82) is 0 Å². The fourth-order valence-corrected chi connectivity index (χ4v) is 3.00. The fraction of sp³-hybridized carbons (Fsp3) is 0.125. The van der Waals surface area contributed by atoms with E-state index in [2.05, 4.69) is 4.99 Å². The first-order chi connectivity index (χ1) is 10.5. The van der Waals surface area contributed by atoms with Gasteiger partial charge in [0, 0.05) is 26.8 Å². The number of rotatable bonds is 1. The van der Waals surface area contributed by atoms with Gasteiger partial charge in [0.05, 0.1) is 11.4 Å². The van der Waals surface area contributed by atoms with E-state index in [9.17, 15) is 9.18 Å². The van der Waals surface area contributed by atoms with Crippen molar-refractivity contribution in [2.24, 2.45) is 4.99 Å². The lowest BCUT2D eigenvalue weighted by atomic mass is 10.00. The maximum Gasteiger partial charge on any atom is 0.248 e. The molecule has 1 aliphatic heterocycles. The zero-order chi connectivity index (χ0) is 15.9. The van der Waals surface area contributed by atoms with E-state index in [1.54, 1.807) is 31.3 Å². The van der Waals surface area contributed by atoms with Crippen LogP contribution >= 0.6 is 34.2 Å². The SMILES string of the molecule is CN1C(=O)CN=C(c2ccc(I)cc2F)c2cc(Cl)ccc21. The van der Waals surface area contributed by atoms with E-state index in [0.29, 0.717) is 27.5 Å². The van der Waals surface area contributed by atoms with Gasteiger partial charge in [0.2, 0.25) is 5.91 Å². The highest BCUT2D eigenvalue weighted by molar-refractivity contribution is 14.1. The topological polar surface area (TPSA) is 32.7 Å². The Morgan fingerprint density at radius 1 is 1.23 bits per heavy atom. The molecule has 3 nitrogen and oxygen atoms in total. The molecule has 1 heterocycles. The molecule has 0 aromatic heterocycles. The van der Waals surface area contributed by atoms with E-state index in [1.165, 1.54) is 11.0 Å². The van der Waals surface area contributed by atoms with Crippen LogP contribution in [0.25, 0.3) is 0 Å². The summed E-state index contributed by atoms with van der Waals surface area (Å²) in [5.74, 6) is -0.516. The van der Waals surface area contributed by atoms with Crippen molar-refractivity contribution in [3.63, 3.8) is 0 Å². The summed E-state index contributed by atoms with van der Waals surface area (Å²) in [6.45, 7) is -0.0242. The van der Waals surface area contributed by atoms with E-state index in [4.69, 9.17) is 11.6 Å². The van der Waals surface area contributed by atoms with Crippen molar-refractivity contribution < 1.29 is 9.18 Å². The van der Waals surface area contributed by atoms with Gasteiger partial charge in [-0.1, -0.05) is 11.6 Å². The monoisotopic (exact) mass is 428 g/mol. The van der Waals surface area contributed by atoms with Gasteiger partial charge < -0.3 is 4.90 Å². The Bertz CT molecular complexity index is 807. The smallest absolute Gasteiger partial charge is 0.248 e. The van der Waals surface area contributed by atoms with Gasteiger partial charge in [-0.25, -0.2) is 4.39 Å². The molecular formula is C16H11ClFIN2O. The lowest BCUT2D eigenvalue weighted by molar-refractivity contribution is -0.116. The quantitative estimate of drug-likeness (QED) is 0.634. The number of carbonyl (C=O) groups is 1. The Kier molecular flexibility index (Phi) is 4.18. The molecule has 0 bridgehead atoms. The van der Waals surface area contributed by atoms with E-state index in [0.717, 1.165) is 3.57 Å². The van der Waals surface area contributed by atoms with Gasteiger partial charge in [0.25, 0.3) is 0 Å². The van der Waals surface area contributed by atoms with Gasteiger partial charge in [0.15, 0.2) is 0 Å². The van der Waals surface area contributed by atoms with Crippen molar-refractivity contribution in [2.75, 3.05) is 18.5 Å². The lowest BCUT2D eigenvalue weighted by Gasteiger charge is -2.18. The van der Waals surface area contributed by atoms with Gasteiger partial charge in [0.1, 0.15) is 12.4 Å². The number of aliphatic imine (C=N–C) groups is 1. The van der Waals surface area contributed by atoms with Crippen LogP contribution in [-0.2, 0) is 4.79 Å². The molecule has 2 aromatic rings. The first-order valence-corrected chi connectivity index (χ1v) is 7.99. The number of nitrogens with zero attached hydrogens (tertiary/aromatic N) is 2. The van der Waals surface area contributed by atoms with Crippen molar-refractivity contribution in [3.8, 4) is 0 Å². The van der Waals surface area contributed by atoms with E-state index in [-0.39, 0.29) is 18.3 Å². The fourth-order valence-electron chi connectivity index (χ4n) is 2.37. The minimum atomic E-state index is -0.367. The standard InChI is InChI=1S/C16H11ClFIN2O/c1-21-14-5-2-9(17)6-12(14)16(20-8-15(21)22)11-4-3-10(19)7-13(11)18/h2-7H,8H2,1H3. The van der Waals surface area contributed by atoms with Gasteiger partial charge in [-0.05, 0) is 59.0 Å². The molecule has 112 valence electrons. The molecule has 0 aliphatic carbocycles. The predicted molar refractivity (Wildman–Crippen MR) is 94.5 cm³/mol. The number of anilines is 1. The molecule has 0 atom stereocenters. The molecule has 0 saturated carbocycles. The maximum absolute atomic E-state index is 14.3. The van der Waals surface area contributed by atoms with E-state index in [1.807, 2.05) is 28.7 Å². The minimum absolute atomic E-state index is 0.0242. The maximum atomic E-state index is 14.3. The molecule has 3 rings (SSSR count). The highest BCUT2D eigenvalue weighted by Gasteiger charge is 2.24. The third-order valence-corrected chi connectivity index (χ3v) is 4.41. The Labute approximate surface area is 145 Å². The number of carbonyl (C=O) groups excluding carboxylic acids is 1. The Balaban J connectivity index is 2.25. The normalized spacial score (nSPS) is 14.5. The number of likely N-dealkylation sites (N-methyl/N-ethyl adjacent to an activating group) is 1. The molecular weight excluding hydrogens is 418 g/mol. The van der Waals surface area contributed by atoms with E-state index >= 15 is 0 Å². The number of halogens is 3. The average Bonchev–Trinajstić information content (AvgIpc) is 2.58. The van der Waals surface area contributed by atoms with Crippen LogP contribution in [0.3, 0.4) is 0 Å². The summed E-state index contributed by atoms with van der Waals surface area (Å²) in [6, 6.07) is 10.1. The predicted octanol–water partition coefficient (Wildman–Crippen LogP) is 3.90. The highest BCUT2D eigenvalue weighted by atomic mass is 127. The summed E-state index contributed by atoms with van der Waals surface area (Å²) in [5, 5.41) is 0.514. The van der Waals surface area contributed by atoms with Crippen LogP contribution in [0.4, 0.5) is 10.1 Å². The highest BCUT2D eigenvalue weighted by Crippen LogP contribution is 2.29. The molecule has 1 amide bonds. The first kappa shape index (κ1) is 15.4. The second-order valence-electron chi connectivity index (χ2n) is 4.90. The summed E-state index contributed by atoms with van der Waals surface area (Å²) in [5.41, 5.74) is 2.14. The zero-order valence-electron chi connectivity index (χ0n) is 11.6. The molecule has 0 spiro atoms. The third-order valence-electron chi connectivity index (χ3n) is 3.51. The van der Waals surface area contributed by atoms with Gasteiger partial charge in [-0.3, -0.25) is 9.79 Å². The number of hydrogen-bond donors (Lipinski definition) is 0. The van der Waals surface area contributed by atoms with Crippen LogP contribution < -0.4 is 4.90 Å². The Morgan fingerprint density at radius 3 is 2.73 bits per heavy atom. The second-order valence-corrected chi connectivity index (χ2v) is 6.59. The molecule has 6 heteroatoms. The molecule has 0 fully saturated rings. The molecule has 2 aromatic carbocycles. The van der Waals surface area contributed by atoms with Gasteiger partial charge in [-0.15, -0.1) is 0 Å². The molecule has 0 unspecified atom stereocenters. The third kappa shape index (κ3) is 2.75. The van der Waals surface area contributed by atoms with Crippen LogP contribution in [0.2, 0.25) is 5.02 Å². The van der Waals surface area contributed by atoms with E-state index < -0.39 is 0 Å². The van der Waals surface area contributed by atoms with Crippen molar-refractivity contribution in [3.05, 3.63) is 61.9 Å². The van der Waals surface area contributed by atoms with Crippen LogP contribution in [0, 0.1) is 9.39 Å². The summed E-state index contributed by atoms with van der Waals surface area (Å²) in [7, 11) is 1.68. The summed E-state index contributed by atoms with van der Waals surface area (Å²) in [4.78, 5) is 17.9. The number of benzodiazepines with no additional fused rings is 1. The average molecular weight is 429 g/mol. The minimum Gasteiger partial charge on any atom is -0.313 e. The lowest BCUT2D eigenvalue weighted by Crippen LogP contribution is -2.27. The van der Waals surface area contributed by atoms with Crippen molar-refractivity contribution in [1.82, 2.24) is 0 Å². The number of amides is 1. The van der Waals surface area contributed by atoms with Crippen molar-refractivity contribution in [2.45, 2.75) is 0 Å². The summed E-state index contributed by atoms with van der Waals surface area (Å²) in [6.07, 6.45) is 0.